The molecule has 0 saturated heterocycles. The predicted octanol–water partition coefficient (Wildman–Crippen LogP) is 1.64. The van der Waals surface area contributed by atoms with E-state index in [1.54, 1.807) is 12.1 Å². The summed E-state index contributed by atoms with van der Waals surface area (Å²) in [5, 5.41) is 2.99. The lowest BCUT2D eigenvalue weighted by Crippen LogP contribution is -2.51. The highest BCUT2D eigenvalue weighted by atomic mass is 16.5. The van der Waals surface area contributed by atoms with E-state index < -0.39 is 0 Å². The van der Waals surface area contributed by atoms with Crippen LogP contribution in [0.3, 0.4) is 0 Å². The largest absolute Gasteiger partial charge is 0.482 e. The number of benzene rings is 1. The Kier molecular flexibility index (Phi) is 5.07. The Morgan fingerprint density at radius 2 is 2.00 bits per heavy atom. The molecule has 1 saturated carbocycles. The number of hydrogen-bond donors (Lipinski definition) is 2. The highest BCUT2D eigenvalue weighted by molar-refractivity contribution is 5.77. The summed E-state index contributed by atoms with van der Waals surface area (Å²) < 4.78 is 5.46. The van der Waals surface area contributed by atoms with E-state index in [1.165, 1.54) is 12.8 Å². The molecule has 0 bridgehead atoms. The van der Waals surface area contributed by atoms with Gasteiger partial charge in [-0.25, -0.2) is 0 Å². The van der Waals surface area contributed by atoms with Gasteiger partial charge in [0.2, 0.25) is 0 Å². The first-order chi connectivity index (χ1) is 10.0. The lowest BCUT2D eigenvalue weighted by molar-refractivity contribution is -0.123. The van der Waals surface area contributed by atoms with E-state index >= 15 is 0 Å². The van der Waals surface area contributed by atoms with E-state index in [-0.39, 0.29) is 18.1 Å². The first-order valence-corrected chi connectivity index (χ1v) is 7.45. The number of carbonyl (C=O) groups is 1. The number of anilines is 1. The SMILES string of the molecule is CN(C)C1(CNC(=O)COc2ccccc2N)CCCC1. The van der Waals surface area contributed by atoms with Gasteiger partial charge in [0, 0.05) is 12.1 Å². The van der Waals surface area contributed by atoms with E-state index in [2.05, 4.69) is 24.3 Å². The van der Waals surface area contributed by atoms with Crippen molar-refractivity contribution >= 4 is 11.6 Å². The van der Waals surface area contributed by atoms with Crippen molar-refractivity contribution in [3.63, 3.8) is 0 Å². The van der Waals surface area contributed by atoms with Gasteiger partial charge in [0.1, 0.15) is 5.75 Å². The number of nitrogens with zero attached hydrogens (tertiary/aromatic N) is 1. The zero-order chi connectivity index (χ0) is 15.3. The summed E-state index contributed by atoms with van der Waals surface area (Å²) in [5.41, 5.74) is 6.42. The van der Waals surface area contributed by atoms with Crippen LogP contribution in [0.5, 0.6) is 5.75 Å². The molecule has 2 rings (SSSR count). The van der Waals surface area contributed by atoms with E-state index in [4.69, 9.17) is 10.5 Å². The molecule has 0 unspecified atom stereocenters. The fourth-order valence-corrected chi connectivity index (χ4v) is 2.88. The zero-order valence-corrected chi connectivity index (χ0v) is 12.9. The maximum absolute atomic E-state index is 12.0. The molecule has 0 spiro atoms. The minimum atomic E-state index is -0.105. The Bertz CT molecular complexity index is 482. The van der Waals surface area contributed by atoms with Crippen LogP contribution in [0.25, 0.3) is 0 Å². The summed E-state index contributed by atoms with van der Waals surface area (Å²) in [6.45, 7) is 0.671. The van der Waals surface area contributed by atoms with Crippen molar-refractivity contribution in [1.82, 2.24) is 10.2 Å². The molecule has 3 N–H and O–H groups in total. The molecule has 0 aromatic heterocycles. The molecule has 1 aromatic rings. The van der Waals surface area contributed by atoms with E-state index in [9.17, 15) is 4.79 Å². The van der Waals surface area contributed by atoms with Crippen LogP contribution in [0.4, 0.5) is 5.69 Å². The highest BCUT2D eigenvalue weighted by Crippen LogP contribution is 2.33. The van der Waals surface area contributed by atoms with Crippen LogP contribution in [0.1, 0.15) is 25.7 Å². The number of hydrogen-bond acceptors (Lipinski definition) is 4. The second kappa shape index (κ2) is 6.80. The minimum Gasteiger partial charge on any atom is -0.482 e. The van der Waals surface area contributed by atoms with Gasteiger partial charge in [-0.2, -0.15) is 0 Å². The van der Waals surface area contributed by atoms with Gasteiger partial charge in [-0.1, -0.05) is 25.0 Å². The molecule has 0 radical (unpaired) electrons. The Morgan fingerprint density at radius 3 is 2.62 bits per heavy atom. The van der Waals surface area contributed by atoms with Gasteiger partial charge in [-0.15, -0.1) is 0 Å². The van der Waals surface area contributed by atoms with Crippen molar-refractivity contribution in [2.75, 3.05) is 33.0 Å². The summed E-state index contributed by atoms with van der Waals surface area (Å²) in [6, 6.07) is 7.19. The number of nitrogens with one attached hydrogen (secondary N) is 1. The first-order valence-electron chi connectivity index (χ1n) is 7.45. The molecule has 1 fully saturated rings. The quantitative estimate of drug-likeness (QED) is 0.782. The number of nitrogens with two attached hydrogens (primary N) is 1. The number of amides is 1. The number of ether oxygens (including phenoxy) is 1. The topological polar surface area (TPSA) is 67.6 Å². The van der Waals surface area contributed by atoms with Crippen LogP contribution >= 0.6 is 0 Å². The fraction of sp³-hybridized carbons (Fsp3) is 0.562. The van der Waals surface area contributed by atoms with Gasteiger partial charge in [-0.05, 0) is 39.1 Å². The van der Waals surface area contributed by atoms with Crippen molar-refractivity contribution in [3.8, 4) is 5.75 Å². The van der Waals surface area contributed by atoms with E-state index in [0.717, 1.165) is 12.8 Å². The lowest BCUT2D eigenvalue weighted by Gasteiger charge is -2.36. The van der Waals surface area contributed by atoms with Crippen LogP contribution < -0.4 is 15.8 Å². The van der Waals surface area contributed by atoms with Gasteiger partial charge >= 0.3 is 0 Å². The third-order valence-corrected chi connectivity index (χ3v) is 4.38. The van der Waals surface area contributed by atoms with Crippen LogP contribution in [0, 0.1) is 0 Å². The molecule has 5 heteroatoms. The average Bonchev–Trinajstić information content (AvgIpc) is 2.94. The first kappa shape index (κ1) is 15.6. The van der Waals surface area contributed by atoms with Crippen molar-refractivity contribution < 1.29 is 9.53 Å². The Hall–Kier alpha value is -1.75. The average molecular weight is 291 g/mol. The summed E-state index contributed by atoms with van der Waals surface area (Å²) in [7, 11) is 4.16. The van der Waals surface area contributed by atoms with Gasteiger partial charge in [0.05, 0.1) is 5.69 Å². The third-order valence-electron chi connectivity index (χ3n) is 4.38. The number of para-hydroxylation sites is 2. The summed E-state index contributed by atoms with van der Waals surface area (Å²) >= 11 is 0. The normalized spacial score (nSPS) is 16.9. The molecule has 5 nitrogen and oxygen atoms in total. The fourth-order valence-electron chi connectivity index (χ4n) is 2.88. The van der Waals surface area contributed by atoms with Gasteiger partial charge < -0.3 is 20.7 Å². The molecule has 1 amide bonds. The van der Waals surface area contributed by atoms with Crippen molar-refractivity contribution in [2.24, 2.45) is 0 Å². The van der Waals surface area contributed by atoms with E-state index in [1.807, 2.05) is 12.1 Å². The van der Waals surface area contributed by atoms with Gasteiger partial charge in [0.15, 0.2) is 6.61 Å². The van der Waals surface area contributed by atoms with E-state index in [0.29, 0.717) is 18.0 Å². The molecule has 1 aliphatic rings. The summed E-state index contributed by atoms with van der Waals surface area (Å²) in [4.78, 5) is 14.2. The van der Waals surface area contributed by atoms with Crippen LogP contribution in [-0.2, 0) is 4.79 Å². The van der Waals surface area contributed by atoms with Crippen LogP contribution in [0.15, 0.2) is 24.3 Å². The second-order valence-electron chi connectivity index (χ2n) is 5.93. The van der Waals surface area contributed by atoms with Crippen molar-refractivity contribution in [1.29, 1.82) is 0 Å². The highest BCUT2D eigenvalue weighted by Gasteiger charge is 2.36. The molecule has 21 heavy (non-hydrogen) atoms. The molecule has 116 valence electrons. The number of rotatable bonds is 6. The van der Waals surface area contributed by atoms with Crippen LogP contribution in [-0.4, -0.2) is 43.6 Å². The smallest absolute Gasteiger partial charge is 0.258 e. The molecule has 0 aliphatic heterocycles. The van der Waals surface area contributed by atoms with Gasteiger partial charge in [0.25, 0.3) is 5.91 Å². The predicted molar refractivity (Wildman–Crippen MR) is 84.2 cm³/mol. The van der Waals surface area contributed by atoms with Crippen molar-refractivity contribution in [3.05, 3.63) is 24.3 Å². The molecular weight excluding hydrogens is 266 g/mol. The monoisotopic (exact) mass is 291 g/mol. The van der Waals surface area contributed by atoms with Gasteiger partial charge in [-0.3, -0.25) is 4.79 Å². The summed E-state index contributed by atoms with van der Waals surface area (Å²) in [6.07, 6.45) is 4.72. The Balaban J connectivity index is 1.81. The Morgan fingerprint density at radius 1 is 1.33 bits per heavy atom. The molecule has 0 heterocycles. The molecule has 0 atom stereocenters. The minimum absolute atomic E-state index is 0.00226. The molecule has 1 aromatic carbocycles. The lowest BCUT2D eigenvalue weighted by atomic mass is 9.96. The zero-order valence-electron chi connectivity index (χ0n) is 12.9. The third kappa shape index (κ3) is 3.88. The standard InChI is InChI=1S/C16H25N3O2/c1-19(2)16(9-5-6-10-16)12-18-15(20)11-21-14-8-4-3-7-13(14)17/h3-4,7-8H,5-6,9-12,17H2,1-2H3,(H,18,20). The number of likely N-dealkylation sites (N-methyl/N-ethyl adjacent to an activating group) is 1. The van der Waals surface area contributed by atoms with Crippen LogP contribution in [0.2, 0.25) is 0 Å². The van der Waals surface area contributed by atoms with Crippen molar-refractivity contribution in [2.45, 2.75) is 31.2 Å². The molecule has 1 aliphatic carbocycles. The second-order valence-corrected chi connectivity index (χ2v) is 5.93. The number of nitrogen functional groups attached to an aromatic ring is 1. The maximum Gasteiger partial charge on any atom is 0.258 e. The number of carbonyl (C=O) groups excluding carboxylic acids is 1. The summed E-state index contributed by atoms with van der Waals surface area (Å²) in [5.74, 6) is 0.446. The maximum atomic E-state index is 12.0. The molecular formula is C16H25N3O2. The Labute approximate surface area is 126 Å².